The molecule has 0 spiro atoms. The fourth-order valence-electron chi connectivity index (χ4n) is 2.41. The van der Waals surface area contributed by atoms with Gasteiger partial charge in [0, 0.05) is 5.56 Å². The molecule has 92 valence electrons. The van der Waals surface area contributed by atoms with Crippen LogP contribution in [0.15, 0.2) is 12.7 Å². The van der Waals surface area contributed by atoms with Crippen LogP contribution >= 0.6 is 0 Å². The fourth-order valence-corrected chi connectivity index (χ4v) is 2.41. The lowest BCUT2D eigenvalue weighted by molar-refractivity contribution is 0.113. The van der Waals surface area contributed by atoms with Crippen molar-refractivity contribution in [2.75, 3.05) is 0 Å². The van der Waals surface area contributed by atoms with E-state index >= 15 is 0 Å². The molecule has 0 saturated carbocycles. The summed E-state index contributed by atoms with van der Waals surface area (Å²) in [4.78, 5) is 0. The molecule has 1 aliphatic heterocycles. The minimum atomic E-state index is -0.284. The van der Waals surface area contributed by atoms with E-state index in [1.165, 1.54) is 0 Å². The van der Waals surface area contributed by atoms with Crippen LogP contribution in [-0.4, -0.2) is 10.7 Å². The Balaban J connectivity index is 2.63. The first kappa shape index (κ1) is 12.0. The van der Waals surface area contributed by atoms with Crippen molar-refractivity contribution in [3.8, 4) is 11.5 Å². The van der Waals surface area contributed by atoms with Gasteiger partial charge in [0.25, 0.3) is 0 Å². The lowest BCUT2D eigenvalue weighted by Crippen LogP contribution is -2.34. The maximum absolute atomic E-state index is 10.1. The van der Waals surface area contributed by atoms with Gasteiger partial charge in [0.2, 0.25) is 0 Å². The van der Waals surface area contributed by atoms with E-state index in [0.717, 1.165) is 40.8 Å². The normalized spacial score (nSPS) is 22.8. The third-order valence-corrected chi connectivity index (χ3v) is 3.98. The van der Waals surface area contributed by atoms with Gasteiger partial charge in [-0.1, -0.05) is 6.58 Å². The van der Waals surface area contributed by atoms with Gasteiger partial charge in [-0.25, -0.2) is 0 Å². The van der Waals surface area contributed by atoms with Crippen LogP contribution in [0.4, 0.5) is 0 Å². The first-order chi connectivity index (χ1) is 7.89. The molecule has 0 aromatic heterocycles. The molecular weight excluding hydrogens is 212 g/mol. The minimum absolute atomic E-state index is 0.284. The molecule has 0 radical (unpaired) electrons. The Hall–Kier alpha value is -1.44. The maximum Gasteiger partial charge on any atom is 0.127 e. The van der Waals surface area contributed by atoms with Gasteiger partial charge in [0.15, 0.2) is 0 Å². The van der Waals surface area contributed by atoms with Gasteiger partial charge in [0.1, 0.15) is 17.1 Å². The van der Waals surface area contributed by atoms with Crippen LogP contribution < -0.4 is 4.74 Å². The Morgan fingerprint density at radius 2 is 1.88 bits per heavy atom. The number of phenolic OH excluding ortho intramolecular Hbond substituents is 1. The summed E-state index contributed by atoms with van der Waals surface area (Å²) in [7, 11) is 0. The van der Waals surface area contributed by atoms with E-state index in [-0.39, 0.29) is 5.60 Å². The summed E-state index contributed by atoms with van der Waals surface area (Å²) in [6, 6.07) is 0. The molecule has 1 N–H and O–H groups in total. The van der Waals surface area contributed by atoms with Crippen molar-refractivity contribution >= 4 is 0 Å². The summed E-state index contributed by atoms with van der Waals surface area (Å²) in [5.41, 5.74) is 3.76. The number of ether oxygens (including phenoxy) is 1. The van der Waals surface area contributed by atoms with Gasteiger partial charge in [-0.2, -0.15) is 0 Å². The number of hydrogen-bond donors (Lipinski definition) is 1. The molecule has 2 nitrogen and oxygen atoms in total. The van der Waals surface area contributed by atoms with Gasteiger partial charge < -0.3 is 9.84 Å². The van der Waals surface area contributed by atoms with Crippen LogP contribution in [0.5, 0.6) is 11.5 Å². The molecule has 0 saturated heterocycles. The van der Waals surface area contributed by atoms with Gasteiger partial charge >= 0.3 is 0 Å². The average molecular weight is 232 g/mol. The van der Waals surface area contributed by atoms with E-state index < -0.39 is 0 Å². The maximum atomic E-state index is 10.1. The Morgan fingerprint density at radius 1 is 1.24 bits per heavy atom. The second kappa shape index (κ2) is 3.80. The summed E-state index contributed by atoms with van der Waals surface area (Å²) < 4.78 is 6.09. The average Bonchev–Trinajstić information content (AvgIpc) is 2.33. The number of phenols is 1. The summed E-state index contributed by atoms with van der Waals surface area (Å²) in [6.07, 6.45) is 3.71. The molecule has 2 heteroatoms. The van der Waals surface area contributed by atoms with E-state index in [2.05, 4.69) is 13.5 Å². The van der Waals surface area contributed by atoms with Crippen LogP contribution in [0.2, 0.25) is 0 Å². The number of hydrogen-bond acceptors (Lipinski definition) is 2. The lowest BCUT2D eigenvalue weighted by Gasteiger charge is -2.35. The second-order valence-electron chi connectivity index (χ2n) is 5.15. The summed E-state index contributed by atoms with van der Waals surface area (Å²) in [5.74, 6) is 1.35. The van der Waals surface area contributed by atoms with Crippen molar-refractivity contribution in [2.24, 2.45) is 0 Å². The topological polar surface area (TPSA) is 29.5 Å². The third kappa shape index (κ3) is 1.72. The Labute approximate surface area is 103 Å². The predicted octanol–water partition coefficient (Wildman–Crippen LogP) is 3.59. The highest BCUT2D eigenvalue weighted by Gasteiger charge is 2.31. The van der Waals surface area contributed by atoms with Gasteiger partial charge in [0.05, 0.1) is 0 Å². The van der Waals surface area contributed by atoms with Crippen LogP contribution in [-0.2, 0) is 6.42 Å². The summed E-state index contributed by atoms with van der Waals surface area (Å²) >= 11 is 0. The molecule has 1 aromatic carbocycles. The molecule has 0 unspecified atom stereocenters. The second-order valence-corrected chi connectivity index (χ2v) is 5.15. The molecule has 0 amide bonds. The highest BCUT2D eigenvalue weighted by atomic mass is 16.5. The zero-order valence-corrected chi connectivity index (χ0v) is 11.1. The van der Waals surface area contributed by atoms with Crippen LogP contribution in [0.25, 0.3) is 0 Å². The Morgan fingerprint density at radius 3 is 2.47 bits per heavy atom. The minimum Gasteiger partial charge on any atom is -0.507 e. The number of aromatic hydroxyl groups is 1. The van der Waals surface area contributed by atoms with Gasteiger partial charge in [-0.05, 0) is 63.3 Å². The zero-order chi connectivity index (χ0) is 12.8. The smallest absolute Gasteiger partial charge is 0.127 e. The molecule has 1 heterocycles. The van der Waals surface area contributed by atoms with E-state index in [1.54, 1.807) is 0 Å². The lowest BCUT2D eigenvalue weighted by atomic mass is 9.87. The molecule has 1 aromatic rings. The predicted molar refractivity (Wildman–Crippen MR) is 69.9 cm³/mol. The van der Waals surface area contributed by atoms with E-state index in [1.807, 2.05) is 26.8 Å². The molecule has 17 heavy (non-hydrogen) atoms. The van der Waals surface area contributed by atoms with Crippen molar-refractivity contribution in [3.05, 3.63) is 34.9 Å². The number of rotatable bonds is 1. The largest absolute Gasteiger partial charge is 0.507 e. The van der Waals surface area contributed by atoms with Crippen molar-refractivity contribution in [1.29, 1.82) is 0 Å². The van der Waals surface area contributed by atoms with Crippen LogP contribution in [0.1, 0.15) is 35.6 Å². The monoisotopic (exact) mass is 232 g/mol. The van der Waals surface area contributed by atoms with E-state index in [4.69, 9.17) is 4.74 Å². The number of fused-ring (bicyclic) bond motifs is 1. The molecule has 0 fully saturated rings. The van der Waals surface area contributed by atoms with E-state index in [0.29, 0.717) is 5.75 Å². The van der Waals surface area contributed by atoms with Gasteiger partial charge in [-0.3, -0.25) is 0 Å². The van der Waals surface area contributed by atoms with Crippen LogP contribution in [0.3, 0.4) is 0 Å². The van der Waals surface area contributed by atoms with Crippen molar-refractivity contribution in [1.82, 2.24) is 0 Å². The Bertz CT molecular complexity index is 488. The SMILES string of the molecule is C=C[C@]1(C)CCc2c(C)c(O)c(C)c(C)c2O1. The third-order valence-electron chi connectivity index (χ3n) is 3.98. The summed E-state index contributed by atoms with van der Waals surface area (Å²) in [5, 5.41) is 10.1. The molecule has 1 atom stereocenters. The van der Waals surface area contributed by atoms with Crippen molar-refractivity contribution < 1.29 is 9.84 Å². The first-order valence-corrected chi connectivity index (χ1v) is 6.04. The molecule has 1 aliphatic rings. The molecule has 0 bridgehead atoms. The molecular formula is C15H20O2. The molecule has 0 aliphatic carbocycles. The van der Waals surface area contributed by atoms with Gasteiger partial charge in [-0.15, -0.1) is 0 Å². The number of benzene rings is 1. The molecule has 2 rings (SSSR count). The zero-order valence-electron chi connectivity index (χ0n) is 11.1. The Kier molecular flexibility index (Phi) is 2.69. The quantitative estimate of drug-likeness (QED) is 0.750. The first-order valence-electron chi connectivity index (χ1n) is 6.04. The highest BCUT2D eigenvalue weighted by molar-refractivity contribution is 5.58. The van der Waals surface area contributed by atoms with Crippen molar-refractivity contribution in [2.45, 2.75) is 46.1 Å². The van der Waals surface area contributed by atoms with Crippen molar-refractivity contribution in [3.63, 3.8) is 0 Å². The standard InChI is InChI=1S/C15H20O2/c1-6-15(5)8-7-12-11(4)13(16)9(2)10(3)14(12)17-15/h6,16H,1,7-8H2,2-5H3/t15-/m1/s1. The van der Waals surface area contributed by atoms with E-state index in [9.17, 15) is 5.11 Å². The fraction of sp³-hybridized carbons (Fsp3) is 0.467. The summed E-state index contributed by atoms with van der Waals surface area (Å²) in [6.45, 7) is 11.8. The van der Waals surface area contributed by atoms with Crippen LogP contribution in [0, 0.1) is 20.8 Å². The highest BCUT2D eigenvalue weighted by Crippen LogP contribution is 2.43.